The van der Waals surface area contributed by atoms with Crippen molar-refractivity contribution in [1.82, 2.24) is 4.90 Å². The molecule has 0 aliphatic carbocycles. The summed E-state index contributed by atoms with van der Waals surface area (Å²) >= 11 is 1.62. The zero-order valence-corrected chi connectivity index (χ0v) is 14.5. The van der Waals surface area contributed by atoms with E-state index in [4.69, 9.17) is 0 Å². The molecule has 22 heavy (non-hydrogen) atoms. The van der Waals surface area contributed by atoms with E-state index in [0.717, 1.165) is 0 Å². The Kier molecular flexibility index (Phi) is 5.67. The number of carbonyl (C=O) groups is 1. The van der Waals surface area contributed by atoms with Crippen LogP contribution < -0.4 is 0 Å². The van der Waals surface area contributed by atoms with Crippen LogP contribution in [0.3, 0.4) is 0 Å². The third kappa shape index (κ3) is 4.38. The number of benzene rings is 2. The molecule has 0 fully saturated rings. The predicted molar refractivity (Wildman–Crippen MR) is 94.3 cm³/mol. The van der Waals surface area contributed by atoms with Crippen molar-refractivity contribution in [2.24, 2.45) is 0 Å². The maximum absolute atomic E-state index is 12.3. The maximum atomic E-state index is 12.3. The summed E-state index contributed by atoms with van der Waals surface area (Å²) in [5.41, 5.74) is 4.89. The van der Waals surface area contributed by atoms with Gasteiger partial charge in [-0.15, -0.1) is 11.8 Å². The highest BCUT2D eigenvalue weighted by Crippen LogP contribution is 2.24. The summed E-state index contributed by atoms with van der Waals surface area (Å²) < 4.78 is 0. The lowest BCUT2D eigenvalue weighted by Gasteiger charge is -2.18. The van der Waals surface area contributed by atoms with Crippen molar-refractivity contribution < 1.29 is 4.79 Å². The zero-order chi connectivity index (χ0) is 16.1. The third-order valence-electron chi connectivity index (χ3n) is 3.79. The van der Waals surface area contributed by atoms with Crippen LogP contribution in [-0.2, 0) is 11.3 Å². The van der Waals surface area contributed by atoms with E-state index < -0.39 is 0 Å². The minimum absolute atomic E-state index is 0.161. The van der Waals surface area contributed by atoms with Crippen molar-refractivity contribution in [1.29, 1.82) is 0 Å². The first-order valence-electron chi connectivity index (χ1n) is 7.46. The number of rotatable bonds is 5. The van der Waals surface area contributed by atoms with Crippen LogP contribution in [0.5, 0.6) is 0 Å². The molecular weight excluding hydrogens is 290 g/mol. The highest BCUT2D eigenvalue weighted by molar-refractivity contribution is 8.00. The van der Waals surface area contributed by atoms with Gasteiger partial charge in [0.25, 0.3) is 0 Å². The number of thioether (sulfide) groups is 1. The standard InChI is InChI=1S/C19H23NOS/c1-14-9-10-16(3)18(11-14)22-13-19(21)20(4)12-17-8-6-5-7-15(17)2/h5-11H,12-13H2,1-4H3. The molecule has 2 aromatic rings. The average molecular weight is 313 g/mol. The van der Waals surface area contributed by atoms with Crippen LogP contribution in [0.4, 0.5) is 0 Å². The summed E-state index contributed by atoms with van der Waals surface area (Å²) in [6.45, 7) is 6.91. The van der Waals surface area contributed by atoms with E-state index in [1.54, 1.807) is 16.7 Å². The molecule has 0 aromatic heterocycles. The minimum atomic E-state index is 0.161. The Balaban J connectivity index is 1.94. The van der Waals surface area contributed by atoms with Gasteiger partial charge in [-0.2, -0.15) is 0 Å². The van der Waals surface area contributed by atoms with Crippen LogP contribution >= 0.6 is 11.8 Å². The van der Waals surface area contributed by atoms with Crippen molar-refractivity contribution in [3.8, 4) is 0 Å². The molecule has 0 atom stereocenters. The highest BCUT2D eigenvalue weighted by atomic mass is 32.2. The molecular formula is C19H23NOS. The van der Waals surface area contributed by atoms with Crippen molar-refractivity contribution >= 4 is 17.7 Å². The Hall–Kier alpha value is -1.74. The molecule has 0 heterocycles. The smallest absolute Gasteiger partial charge is 0.232 e. The van der Waals surface area contributed by atoms with Crippen molar-refractivity contribution in [3.05, 3.63) is 64.7 Å². The van der Waals surface area contributed by atoms with E-state index >= 15 is 0 Å². The summed E-state index contributed by atoms with van der Waals surface area (Å²) in [7, 11) is 1.87. The lowest BCUT2D eigenvalue weighted by molar-refractivity contribution is -0.127. The number of nitrogens with zero attached hydrogens (tertiary/aromatic N) is 1. The quantitative estimate of drug-likeness (QED) is 0.764. The molecule has 0 aliphatic heterocycles. The van der Waals surface area contributed by atoms with Crippen LogP contribution in [0.1, 0.15) is 22.3 Å². The predicted octanol–water partition coefficient (Wildman–Crippen LogP) is 4.36. The molecule has 116 valence electrons. The van der Waals surface area contributed by atoms with Crippen LogP contribution in [0.15, 0.2) is 47.4 Å². The third-order valence-corrected chi connectivity index (χ3v) is 4.93. The van der Waals surface area contributed by atoms with Crippen molar-refractivity contribution in [3.63, 3.8) is 0 Å². The van der Waals surface area contributed by atoms with Gasteiger partial charge >= 0.3 is 0 Å². The molecule has 0 saturated heterocycles. The molecule has 0 unspecified atom stereocenters. The van der Waals surface area contributed by atoms with E-state index in [0.29, 0.717) is 12.3 Å². The Morgan fingerprint density at radius 3 is 2.50 bits per heavy atom. The van der Waals surface area contributed by atoms with Gasteiger partial charge in [0.2, 0.25) is 5.91 Å². The van der Waals surface area contributed by atoms with Gasteiger partial charge in [-0.1, -0.05) is 42.0 Å². The Morgan fingerprint density at radius 2 is 1.77 bits per heavy atom. The fraction of sp³-hybridized carbons (Fsp3) is 0.316. The van der Waals surface area contributed by atoms with Crippen LogP contribution in [0.2, 0.25) is 0 Å². The molecule has 2 nitrogen and oxygen atoms in total. The molecule has 0 spiro atoms. The van der Waals surface area contributed by atoms with Gasteiger partial charge in [0.1, 0.15) is 0 Å². The van der Waals surface area contributed by atoms with E-state index in [1.807, 2.05) is 19.2 Å². The lowest BCUT2D eigenvalue weighted by atomic mass is 10.1. The Labute approximate surface area is 137 Å². The number of hydrogen-bond acceptors (Lipinski definition) is 2. The van der Waals surface area contributed by atoms with Gasteiger partial charge in [-0.05, 0) is 43.5 Å². The first-order chi connectivity index (χ1) is 10.5. The van der Waals surface area contributed by atoms with Gasteiger partial charge in [0.05, 0.1) is 5.75 Å². The van der Waals surface area contributed by atoms with Gasteiger partial charge in [-0.3, -0.25) is 4.79 Å². The minimum Gasteiger partial charge on any atom is -0.341 e. The van der Waals surface area contributed by atoms with E-state index in [1.165, 1.54) is 27.1 Å². The molecule has 0 N–H and O–H groups in total. The second-order valence-corrected chi connectivity index (χ2v) is 6.75. The fourth-order valence-electron chi connectivity index (χ4n) is 2.24. The van der Waals surface area contributed by atoms with Crippen molar-refractivity contribution in [2.75, 3.05) is 12.8 Å². The largest absolute Gasteiger partial charge is 0.341 e. The molecule has 2 aromatic carbocycles. The Bertz CT molecular complexity index is 666. The maximum Gasteiger partial charge on any atom is 0.232 e. The number of aryl methyl sites for hydroxylation is 3. The number of carbonyl (C=O) groups excluding carboxylic acids is 1. The van der Waals surface area contributed by atoms with Crippen LogP contribution in [0.25, 0.3) is 0 Å². The molecule has 0 bridgehead atoms. The normalized spacial score (nSPS) is 10.5. The average Bonchev–Trinajstić information content (AvgIpc) is 2.50. The molecule has 2 rings (SSSR count). The van der Waals surface area contributed by atoms with Gasteiger partial charge < -0.3 is 4.90 Å². The lowest BCUT2D eigenvalue weighted by Crippen LogP contribution is -2.28. The molecule has 3 heteroatoms. The summed E-state index contributed by atoms with van der Waals surface area (Å²) in [6.07, 6.45) is 0. The number of amides is 1. The van der Waals surface area contributed by atoms with Crippen LogP contribution in [-0.4, -0.2) is 23.6 Å². The second-order valence-electron chi connectivity index (χ2n) is 5.73. The van der Waals surface area contributed by atoms with Gasteiger partial charge in [-0.25, -0.2) is 0 Å². The first kappa shape index (κ1) is 16.6. The topological polar surface area (TPSA) is 20.3 Å². The summed E-state index contributed by atoms with van der Waals surface area (Å²) in [5, 5.41) is 0. The van der Waals surface area contributed by atoms with E-state index in [2.05, 4.69) is 51.1 Å². The van der Waals surface area contributed by atoms with E-state index in [9.17, 15) is 4.79 Å². The highest BCUT2D eigenvalue weighted by Gasteiger charge is 2.11. The zero-order valence-electron chi connectivity index (χ0n) is 13.7. The SMILES string of the molecule is Cc1ccc(C)c(SCC(=O)N(C)Cc2ccccc2C)c1. The number of hydrogen-bond donors (Lipinski definition) is 0. The molecule has 0 radical (unpaired) electrons. The molecule has 1 amide bonds. The van der Waals surface area contributed by atoms with Crippen molar-refractivity contribution in [2.45, 2.75) is 32.2 Å². The monoisotopic (exact) mass is 313 g/mol. The summed E-state index contributed by atoms with van der Waals surface area (Å²) in [5.74, 6) is 0.640. The molecule has 0 saturated carbocycles. The summed E-state index contributed by atoms with van der Waals surface area (Å²) in [4.78, 5) is 15.3. The molecule has 0 aliphatic rings. The Morgan fingerprint density at radius 1 is 1.05 bits per heavy atom. The second kappa shape index (κ2) is 7.50. The van der Waals surface area contributed by atoms with Gasteiger partial charge in [0.15, 0.2) is 0 Å². The van der Waals surface area contributed by atoms with Gasteiger partial charge in [0, 0.05) is 18.5 Å². The summed E-state index contributed by atoms with van der Waals surface area (Å²) in [6, 6.07) is 14.6. The first-order valence-corrected chi connectivity index (χ1v) is 8.44. The van der Waals surface area contributed by atoms with E-state index in [-0.39, 0.29) is 5.91 Å². The van der Waals surface area contributed by atoms with Crippen LogP contribution in [0, 0.1) is 20.8 Å². The fourth-order valence-corrected chi connectivity index (χ4v) is 3.31.